The summed E-state index contributed by atoms with van der Waals surface area (Å²) in [5.41, 5.74) is 4.46. The highest BCUT2D eigenvalue weighted by atomic mass is 16.7. The van der Waals surface area contributed by atoms with Crippen molar-refractivity contribution in [3.8, 4) is 23.0 Å². The summed E-state index contributed by atoms with van der Waals surface area (Å²) in [6, 6.07) is 17.2. The third-order valence-electron chi connectivity index (χ3n) is 7.03. The van der Waals surface area contributed by atoms with Crippen molar-refractivity contribution in [2.75, 3.05) is 27.1 Å². The first-order chi connectivity index (χ1) is 17.5. The third kappa shape index (κ3) is 4.24. The number of carboxylic acids is 1. The van der Waals surface area contributed by atoms with Gasteiger partial charge in [-0.15, -0.1) is 0 Å². The molecule has 3 aromatic rings. The second-order valence-corrected chi connectivity index (χ2v) is 9.11. The molecule has 1 aliphatic heterocycles. The molecule has 36 heavy (non-hydrogen) atoms. The molecule has 0 spiro atoms. The lowest BCUT2D eigenvalue weighted by atomic mass is 9.78. The van der Waals surface area contributed by atoms with Gasteiger partial charge in [0.2, 0.25) is 6.79 Å². The maximum absolute atomic E-state index is 13.0. The van der Waals surface area contributed by atoms with Crippen LogP contribution in [0.2, 0.25) is 0 Å². The van der Waals surface area contributed by atoms with Crippen molar-refractivity contribution in [3.05, 3.63) is 82.4 Å². The number of aliphatic hydroxyl groups excluding tert-OH is 1. The molecule has 7 nitrogen and oxygen atoms in total. The van der Waals surface area contributed by atoms with Crippen molar-refractivity contribution >= 4 is 5.97 Å². The number of rotatable bonds is 9. The monoisotopic (exact) mass is 490 g/mol. The summed E-state index contributed by atoms with van der Waals surface area (Å²) < 4.78 is 22.4. The third-order valence-corrected chi connectivity index (χ3v) is 7.03. The molecule has 3 unspecified atom stereocenters. The van der Waals surface area contributed by atoms with Gasteiger partial charge in [0.05, 0.1) is 19.6 Å². The predicted octanol–water partition coefficient (Wildman–Crippen LogP) is 4.73. The maximum Gasteiger partial charge on any atom is 0.308 e. The number of aliphatic carboxylic acids is 1. The molecule has 1 aliphatic carbocycles. The number of ether oxygens (including phenoxy) is 4. The van der Waals surface area contributed by atoms with E-state index < -0.39 is 23.7 Å². The van der Waals surface area contributed by atoms with Crippen LogP contribution in [0.5, 0.6) is 23.0 Å². The van der Waals surface area contributed by atoms with Crippen LogP contribution in [0.4, 0.5) is 0 Å². The van der Waals surface area contributed by atoms with Crippen molar-refractivity contribution in [3.63, 3.8) is 0 Å². The highest BCUT2D eigenvalue weighted by molar-refractivity contribution is 5.78. The largest absolute Gasteiger partial charge is 0.497 e. The van der Waals surface area contributed by atoms with Crippen molar-refractivity contribution in [2.24, 2.45) is 5.92 Å². The fourth-order valence-electron chi connectivity index (χ4n) is 5.48. The molecule has 0 amide bonds. The zero-order chi connectivity index (χ0) is 25.2. The standard InChI is InChI=1S/C29H30O7/c1-3-12-34-20-6-8-22-23(15-20)27(21-7-5-19(33-2)13-17(21)10-11-30)28(29(31)32)26(22)18-4-9-24-25(14-18)36-16-35-24/h4-9,13-15,26-28,30H,3,10-12,16H2,1-2H3,(H,31,32). The Balaban J connectivity index is 1.70. The molecule has 0 saturated carbocycles. The Morgan fingerprint density at radius 3 is 2.47 bits per heavy atom. The smallest absolute Gasteiger partial charge is 0.308 e. The highest BCUT2D eigenvalue weighted by Gasteiger charge is 2.47. The average molecular weight is 491 g/mol. The SMILES string of the molecule is CCCOc1ccc2c(c1)C(c1ccc(OC)cc1CCO)C(C(=O)O)C2c1ccc2c(c1)OCO2. The molecule has 0 radical (unpaired) electrons. The van der Waals surface area contributed by atoms with E-state index in [9.17, 15) is 15.0 Å². The molecule has 1 heterocycles. The van der Waals surface area contributed by atoms with Crippen molar-refractivity contribution in [1.29, 1.82) is 0 Å². The summed E-state index contributed by atoms with van der Waals surface area (Å²) in [6.45, 7) is 2.72. The van der Waals surface area contributed by atoms with E-state index in [0.717, 1.165) is 34.2 Å². The molecule has 3 aromatic carbocycles. The Kier molecular flexibility index (Phi) is 6.74. The number of methoxy groups -OCH3 is 1. The average Bonchev–Trinajstić information content (AvgIpc) is 3.49. The zero-order valence-corrected chi connectivity index (χ0v) is 20.4. The minimum absolute atomic E-state index is 0.0529. The molecule has 2 aliphatic rings. The second kappa shape index (κ2) is 10.1. The normalized spacial score (nSPS) is 19.7. The number of hydrogen-bond donors (Lipinski definition) is 2. The summed E-state index contributed by atoms with van der Waals surface area (Å²) in [5, 5.41) is 20.4. The Morgan fingerprint density at radius 1 is 0.944 bits per heavy atom. The van der Waals surface area contributed by atoms with Gasteiger partial charge in [-0.1, -0.05) is 25.1 Å². The van der Waals surface area contributed by atoms with Crippen molar-refractivity contribution in [1.82, 2.24) is 0 Å². The van der Waals surface area contributed by atoms with Crippen LogP contribution in [-0.2, 0) is 11.2 Å². The van der Waals surface area contributed by atoms with Gasteiger partial charge in [0.25, 0.3) is 0 Å². The lowest BCUT2D eigenvalue weighted by Crippen LogP contribution is -2.24. The van der Waals surface area contributed by atoms with Crippen LogP contribution in [0.1, 0.15) is 53.0 Å². The number of aliphatic hydroxyl groups is 1. The lowest BCUT2D eigenvalue weighted by molar-refractivity contribution is -0.142. The molecule has 2 N–H and O–H groups in total. The van der Waals surface area contributed by atoms with Gasteiger partial charge >= 0.3 is 5.97 Å². The number of fused-ring (bicyclic) bond motifs is 2. The lowest BCUT2D eigenvalue weighted by Gasteiger charge is -2.25. The van der Waals surface area contributed by atoms with E-state index in [-0.39, 0.29) is 13.4 Å². The molecular weight excluding hydrogens is 460 g/mol. The van der Waals surface area contributed by atoms with Crippen LogP contribution in [0, 0.1) is 5.92 Å². The Hall–Kier alpha value is -3.71. The molecule has 5 rings (SSSR count). The number of carboxylic acid groups (broad SMARTS) is 1. The first kappa shape index (κ1) is 24.0. The summed E-state index contributed by atoms with van der Waals surface area (Å²) >= 11 is 0. The van der Waals surface area contributed by atoms with Gasteiger partial charge in [-0.2, -0.15) is 0 Å². The quantitative estimate of drug-likeness (QED) is 0.448. The summed E-state index contributed by atoms with van der Waals surface area (Å²) in [7, 11) is 1.59. The van der Waals surface area contributed by atoms with E-state index in [1.165, 1.54) is 0 Å². The summed E-state index contributed by atoms with van der Waals surface area (Å²) in [6.07, 6.45) is 1.27. The maximum atomic E-state index is 13.0. The van der Waals surface area contributed by atoms with Crippen LogP contribution < -0.4 is 18.9 Å². The van der Waals surface area contributed by atoms with E-state index >= 15 is 0 Å². The van der Waals surface area contributed by atoms with Crippen LogP contribution in [0.15, 0.2) is 54.6 Å². The Labute approximate surface area is 210 Å². The molecule has 0 bridgehead atoms. The number of hydrogen-bond acceptors (Lipinski definition) is 6. The van der Waals surface area contributed by atoms with Gasteiger partial charge < -0.3 is 29.2 Å². The fourth-order valence-corrected chi connectivity index (χ4v) is 5.48. The predicted molar refractivity (Wildman–Crippen MR) is 133 cm³/mol. The van der Waals surface area contributed by atoms with Gasteiger partial charge in [-0.25, -0.2) is 0 Å². The molecule has 0 aromatic heterocycles. The fraction of sp³-hybridized carbons (Fsp3) is 0.345. The minimum atomic E-state index is -0.888. The first-order valence-electron chi connectivity index (χ1n) is 12.2. The first-order valence-corrected chi connectivity index (χ1v) is 12.2. The summed E-state index contributed by atoms with van der Waals surface area (Å²) in [5.74, 6) is 0.159. The van der Waals surface area contributed by atoms with Crippen molar-refractivity contribution in [2.45, 2.75) is 31.6 Å². The van der Waals surface area contributed by atoms with Crippen LogP contribution in [0.25, 0.3) is 0 Å². The number of benzene rings is 3. The topological polar surface area (TPSA) is 94.5 Å². The summed E-state index contributed by atoms with van der Waals surface area (Å²) in [4.78, 5) is 13.0. The van der Waals surface area contributed by atoms with E-state index in [4.69, 9.17) is 18.9 Å². The van der Waals surface area contributed by atoms with E-state index in [0.29, 0.717) is 36.0 Å². The molecular formula is C29H30O7. The van der Waals surface area contributed by atoms with E-state index in [2.05, 4.69) is 0 Å². The van der Waals surface area contributed by atoms with E-state index in [1.807, 2.05) is 61.5 Å². The molecule has 188 valence electrons. The van der Waals surface area contributed by atoms with E-state index in [1.54, 1.807) is 7.11 Å². The Bertz CT molecular complexity index is 1270. The van der Waals surface area contributed by atoms with Gasteiger partial charge in [0, 0.05) is 18.4 Å². The highest BCUT2D eigenvalue weighted by Crippen LogP contribution is 2.55. The van der Waals surface area contributed by atoms with Crippen LogP contribution in [0.3, 0.4) is 0 Å². The van der Waals surface area contributed by atoms with Gasteiger partial charge in [-0.05, 0) is 77.1 Å². The van der Waals surface area contributed by atoms with Gasteiger partial charge in [-0.3, -0.25) is 4.79 Å². The molecule has 3 atom stereocenters. The second-order valence-electron chi connectivity index (χ2n) is 9.11. The van der Waals surface area contributed by atoms with Crippen LogP contribution in [-0.4, -0.2) is 43.3 Å². The van der Waals surface area contributed by atoms with Crippen LogP contribution >= 0.6 is 0 Å². The number of carbonyl (C=O) groups is 1. The van der Waals surface area contributed by atoms with Crippen molar-refractivity contribution < 1.29 is 34.0 Å². The van der Waals surface area contributed by atoms with Gasteiger partial charge in [0.1, 0.15) is 11.5 Å². The minimum Gasteiger partial charge on any atom is -0.497 e. The molecule has 0 fully saturated rings. The van der Waals surface area contributed by atoms with Gasteiger partial charge in [0.15, 0.2) is 11.5 Å². The Morgan fingerprint density at radius 2 is 1.72 bits per heavy atom. The molecule has 7 heteroatoms. The zero-order valence-electron chi connectivity index (χ0n) is 20.4. The molecule has 0 saturated heterocycles.